The van der Waals surface area contributed by atoms with Gasteiger partial charge < -0.3 is 10.5 Å². The Morgan fingerprint density at radius 2 is 1.71 bits per heavy atom. The van der Waals surface area contributed by atoms with Crippen LogP contribution in [-0.4, -0.2) is 11.0 Å². The molecule has 31 heavy (non-hydrogen) atoms. The van der Waals surface area contributed by atoms with Gasteiger partial charge in [-0.2, -0.15) is 0 Å². The summed E-state index contributed by atoms with van der Waals surface area (Å²) < 4.78 is 6.69. The van der Waals surface area contributed by atoms with Crippen molar-refractivity contribution in [1.82, 2.24) is 4.98 Å². The molecule has 1 heterocycles. The number of carbonyl (C=O) groups excluding carboxylic acids is 1. The predicted molar refractivity (Wildman–Crippen MR) is 129 cm³/mol. The average molecular weight is 481 g/mol. The summed E-state index contributed by atoms with van der Waals surface area (Å²) in [4.78, 5) is 18.0. The lowest BCUT2D eigenvalue weighted by Crippen LogP contribution is -2.17. The van der Waals surface area contributed by atoms with Crippen LogP contribution in [0.3, 0.4) is 0 Å². The van der Waals surface area contributed by atoms with Crippen molar-refractivity contribution in [3.8, 4) is 11.1 Å². The third-order valence-corrected chi connectivity index (χ3v) is 5.73. The van der Waals surface area contributed by atoms with Crippen molar-refractivity contribution in [3.05, 3.63) is 86.6 Å². The number of carbonyl (C=O) groups is 1. The highest BCUT2D eigenvalue weighted by Crippen LogP contribution is 2.33. The van der Waals surface area contributed by atoms with Gasteiger partial charge in [-0.3, -0.25) is 4.98 Å². The molecule has 1 aromatic heterocycles. The van der Waals surface area contributed by atoms with Crippen LogP contribution < -0.4 is 5.73 Å². The Kier molecular flexibility index (Phi) is 7.63. The molecule has 0 aliphatic heterocycles. The molecule has 0 aliphatic rings. The molecular weight excluding hydrogens is 452 g/mol. The molecule has 2 aromatic carbocycles. The van der Waals surface area contributed by atoms with Gasteiger partial charge in [0.15, 0.2) is 0 Å². The topological polar surface area (TPSA) is 65.2 Å². The van der Waals surface area contributed by atoms with E-state index >= 15 is 0 Å². The van der Waals surface area contributed by atoms with Gasteiger partial charge in [0.1, 0.15) is 6.61 Å². The summed E-state index contributed by atoms with van der Waals surface area (Å²) in [5.74, 6) is 0.0487. The van der Waals surface area contributed by atoms with Crippen LogP contribution in [0.2, 0.25) is 0 Å². The van der Waals surface area contributed by atoms with Gasteiger partial charge in [0.2, 0.25) is 0 Å². The quantitative estimate of drug-likeness (QED) is 0.412. The summed E-state index contributed by atoms with van der Waals surface area (Å²) in [5, 5.41) is 0. The van der Waals surface area contributed by atoms with E-state index in [0.717, 1.165) is 44.4 Å². The molecule has 0 fully saturated rings. The Hall–Kier alpha value is -2.50. The van der Waals surface area contributed by atoms with Gasteiger partial charge in [-0.1, -0.05) is 71.7 Å². The lowest BCUT2D eigenvalue weighted by molar-refractivity contribution is 0.0472. The van der Waals surface area contributed by atoms with E-state index in [9.17, 15) is 4.79 Å². The highest BCUT2D eigenvalue weighted by Gasteiger charge is 2.24. The number of hydrogen-bond donors (Lipinski definition) is 1. The maximum absolute atomic E-state index is 13.3. The van der Waals surface area contributed by atoms with E-state index in [1.54, 1.807) is 0 Å². The molecule has 0 unspecified atom stereocenters. The van der Waals surface area contributed by atoms with E-state index in [-0.39, 0.29) is 12.6 Å². The number of nitrogens with zero attached hydrogens (tertiary/aromatic N) is 1. The molecule has 0 radical (unpaired) electrons. The number of benzene rings is 2. The number of hydrogen-bond acceptors (Lipinski definition) is 4. The number of nitrogens with two attached hydrogens (primary N) is 1. The molecule has 0 bridgehead atoms. The standard InChI is InChI=1S/C26H29BrN2O2/c1-16(2)13-23-22(14-28)25(20-9-5-17(3)6-10-20)24(18(4)29-23)26(30)31-15-19-7-11-21(27)12-8-19/h5-12,16H,13-15,28H2,1-4H3. The number of pyridine rings is 1. The van der Waals surface area contributed by atoms with Crippen LogP contribution in [0, 0.1) is 19.8 Å². The van der Waals surface area contributed by atoms with Gasteiger partial charge in [0, 0.05) is 22.3 Å². The fourth-order valence-electron chi connectivity index (χ4n) is 3.67. The lowest BCUT2D eigenvalue weighted by atomic mass is 9.90. The number of ether oxygens (including phenoxy) is 1. The normalized spacial score (nSPS) is 11.1. The minimum atomic E-state index is -0.380. The zero-order valence-corrected chi connectivity index (χ0v) is 20.1. The van der Waals surface area contributed by atoms with E-state index in [2.05, 4.69) is 29.8 Å². The smallest absolute Gasteiger partial charge is 0.340 e. The molecule has 2 N–H and O–H groups in total. The van der Waals surface area contributed by atoms with Crippen LogP contribution in [-0.2, 0) is 24.3 Å². The summed E-state index contributed by atoms with van der Waals surface area (Å²) in [5.41, 5.74) is 13.1. The van der Waals surface area contributed by atoms with Crippen molar-refractivity contribution < 1.29 is 9.53 Å². The molecule has 0 amide bonds. The third kappa shape index (κ3) is 5.60. The number of esters is 1. The predicted octanol–water partition coefficient (Wildman–Crippen LogP) is 6.14. The van der Waals surface area contributed by atoms with Crippen LogP contribution in [0.25, 0.3) is 11.1 Å². The second-order valence-corrected chi connectivity index (χ2v) is 9.16. The third-order valence-electron chi connectivity index (χ3n) is 5.20. The first-order valence-corrected chi connectivity index (χ1v) is 11.3. The molecule has 0 spiro atoms. The van der Waals surface area contributed by atoms with E-state index in [1.807, 2.05) is 62.4 Å². The summed E-state index contributed by atoms with van der Waals surface area (Å²) in [7, 11) is 0. The molecule has 3 rings (SSSR count). The molecule has 0 saturated carbocycles. The first-order valence-electron chi connectivity index (χ1n) is 10.5. The monoisotopic (exact) mass is 480 g/mol. The van der Waals surface area contributed by atoms with Crippen LogP contribution in [0.15, 0.2) is 53.0 Å². The fraction of sp³-hybridized carbons (Fsp3) is 0.308. The van der Waals surface area contributed by atoms with Crippen LogP contribution in [0.5, 0.6) is 0 Å². The zero-order valence-electron chi connectivity index (χ0n) is 18.5. The first kappa shape index (κ1) is 23.2. The number of aromatic nitrogens is 1. The van der Waals surface area contributed by atoms with E-state index in [0.29, 0.717) is 23.7 Å². The minimum Gasteiger partial charge on any atom is -0.457 e. The molecule has 0 saturated heterocycles. The molecule has 0 atom stereocenters. The summed E-state index contributed by atoms with van der Waals surface area (Å²) in [6.45, 7) is 8.74. The zero-order chi connectivity index (χ0) is 22.5. The fourth-order valence-corrected chi connectivity index (χ4v) is 3.93. The summed E-state index contributed by atoms with van der Waals surface area (Å²) >= 11 is 3.42. The Balaban J connectivity index is 2.07. The van der Waals surface area contributed by atoms with Crippen molar-refractivity contribution in [3.63, 3.8) is 0 Å². The molecular formula is C26H29BrN2O2. The molecule has 0 aliphatic carbocycles. The van der Waals surface area contributed by atoms with E-state index in [1.165, 1.54) is 0 Å². The number of halogens is 1. The lowest BCUT2D eigenvalue weighted by Gasteiger charge is -2.20. The Morgan fingerprint density at radius 1 is 1.06 bits per heavy atom. The average Bonchev–Trinajstić information content (AvgIpc) is 2.73. The van der Waals surface area contributed by atoms with Crippen LogP contribution >= 0.6 is 15.9 Å². The van der Waals surface area contributed by atoms with Gasteiger partial charge in [-0.15, -0.1) is 0 Å². The van der Waals surface area contributed by atoms with Crippen molar-refractivity contribution >= 4 is 21.9 Å². The minimum absolute atomic E-state index is 0.199. The Morgan fingerprint density at radius 3 is 2.29 bits per heavy atom. The summed E-state index contributed by atoms with van der Waals surface area (Å²) in [6, 6.07) is 15.9. The number of aryl methyl sites for hydroxylation is 2. The highest BCUT2D eigenvalue weighted by molar-refractivity contribution is 9.10. The summed E-state index contributed by atoms with van der Waals surface area (Å²) in [6.07, 6.45) is 0.806. The van der Waals surface area contributed by atoms with Crippen molar-refractivity contribution in [2.24, 2.45) is 11.7 Å². The largest absolute Gasteiger partial charge is 0.457 e. The SMILES string of the molecule is Cc1ccc(-c2c(CN)c(CC(C)C)nc(C)c2C(=O)OCc2ccc(Br)cc2)cc1. The van der Waals surface area contributed by atoms with Crippen molar-refractivity contribution in [1.29, 1.82) is 0 Å². The van der Waals surface area contributed by atoms with Gasteiger partial charge >= 0.3 is 5.97 Å². The van der Waals surface area contributed by atoms with Crippen molar-refractivity contribution in [2.45, 2.75) is 47.3 Å². The highest BCUT2D eigenvalue weighted by atomic mass is 79.9. The van der Waals surface area contributed by atoms with E-state index in [4.69, 9.17) is 15.5 Å². The molecule has 5 heteroatoms. The second-order valence-electron chi connectivity index (χ2n) is 8.24. The van der Waals surface area contributed by atoms with Gasteiger partial charge in [-0.25, -0.2) is 4.79 Å². The van der Waals surface area contributed by atoms with Crippen molar-refractivity contribution in [2.75, 3.05) is 0 Å². The van der Waals surface area contributed by atoms with Gasteiger partial charge in [0.05, 0.1) is 11.3 Å². The Bertz CT molecular complexity index is 1060. The molecule has 162 valence electrons. The molecule has 4 nitrogen and oxygen atoms in total. The van der Waals surface area contributed by atoms with Gasteiger partial charge in [0.25, 0.3) is 0 Å². The van der Waals surface area contributed by atoms with Gasteiger partial charge in [-0.05, 0) is 55.0 Å². The maximum atomic E-state index is 13.3. The van der Waals surface area contributed by atoms with Crippen LogP contribution in [0.1, 0.15) is 52.3 Å². The maximum Gasteiger partial charge on any atom is 0.340 e. The Labute approximate surface area is 193 Å². The molecule has 3 aromatic rings. The number of rotatable bonds is 7. The van der Waals surface area contributed by atoms with E-state index < -0.39 is 0 Å². The first-order chi connectivity index (χ1) is 14.8. The van der Waals surface area contributed by atoms with Crippen LogP contribution in [0.4, 0.5) is 0 Å². The second kappa shape index (κ2) is 10.2.